The zero-order valence-corrected chi connectivity index (χ0v) is 21.3. The van der Waals surface area contributed by atoms with E-state index in [1.54, 1.807) is 18.2 Å². The summed E-state index contributed by atoms with van der Waals surface area (Å²) in [5.41, 5.74) is 1.88. The Labute approximate surface area is 220 Å². The number of nitrogens with zero attached hydrogens (tertiary/aromatic N) is 2. The number of ether oxygens (including phenoxy) is 1. The van der Waals surface area contributed by atoms with Gasteiger partial charge in [-0.1, -0.05) is 47.8 Å². The van der Waals surface area contributed by atoms with Crippen LogP contribution in [-0.2, 0) is 17.9 Å². The minimum atomic E-state index is -0.852. The van der Waals surface area contributed by atoms with Gasteiger partial charge < -0.3 is 20.1 Å². The van der Waals surface area contributed by atoms with Crippen molar-refractivity contribution in [1.82, 2.24) is 9.47 Å². The van der Waals surface area contributed by atoms with Gasteiger partial charge in [0.2, 0.25) is 0 Å². The van der Waals surface area contributed by atoms with Crippen LogP contribution in [0.5, 0.6) is 17.5 Å². The first-order chi connectivity index (χ1) is 17.3. The fourth-order valence-electron chi connectivity index (χ4n) is 4.53. The second-order valence-electron chi connectivity index (χ2n) is 9.21. The van der Waals surface area contributed by atoms with Crippen molar-refractivity contribution in [3.8, 4) is 17.5 Å². The lowest BCUT2D eigenvalue weighted by Gasteiger charge is -2.37. The van der Waals surface area contributed by atoms with Gasteiger partial charge in [-0.15, -0.1) is 0 Å². The summed E-state index contributed by atoms with van der Waals surface area (Å²) < 4.78 is 7.11. The molecule has 192 valence electrons. The van der Waals surface area contributed by atoms with E-state index in [0.717, 1.165) is 30.5 Å². The van der Waals surface area contributed by atoms with Crippen LogP contribution in [0.3, 0.4) is 0 Å². The topological polar surface area (TPSA) is 95.2 Å². The van der Waals surface area contributed by atoms with E-state index >= 15 is 0 Å². The zero-order valence-electron chi connectivity index (χ0n) is 19.8. The summed E-state index contributed by atoms with van der Waals surface area (Å²) in [6.07, 6.45) is 3.50. The molecule has 1 saturated carbocycles. The number of carboxylic acids is 1. The number of aromatic hydroxyl groups is 2. The maximum absolute atomic E-state index is 11.8. The molecule has 2 aromatic carbocycles. The largest absolute Gasteiger partial charge is 0.494 e. The molecule has 3 N–H and O–H groups in total. The van der Waals surface area contributed by atoms with Crippen LogP contribution in [0.1, 0.15) is 42.9 Å². The van der Waals surface area contributed by atoms with E-state index in [-0.39, 0.29) is 37.4 Å². The van der Waals surface area contributed by atoms with Gasteiger partial charge in [0.25, 0.3) is 0 Å². The third kappa shape index (κ3) is 6.66. The normalized spacial score (nSPS) is 14.5. The Morgan fingerprint density at radius 3 is 2.33 bits per heavy atom. The number of benzene rings is 2. The van der Waals surface area contributed by atoms with Gasteiger partial charge in [-0.2, -0.15) is 0 Å². The molecule has 36 heavy (non-hydrogen) atoms. The molecule has 4 rings (SSSR count). The van der Waals surface area contributed by atoms with E-state index in [4.69, 9.17) is 27.9 Å². The van der Waals surface area contributed by atoms with Crippen LogP contribution >= 0.6 is 23.2 Å². The van der Waals surface area contributed by atoms with Gasteiger partial charge in [-0.25, -0.2) is 0 Å². The minimum Gasteiger partial charge on any atom is -0.494 e. The number of carboxylic acid groups (broad SMARTS) is 1. The Bertz CT molecular complexity index is 1160. The van der Waals surface area contributed by atoms with E-state index in [1.807, 2.05) is 24.3 Å². The molecule has 1 aliphatic rings. The fourth-order valence-corrected chi connectivity index (χ4v) is 4.92. The first-order valence-corrected chi connectivity index (χ1v) is 12.8. The van der Waals surface area contributed by atoms with Crippen molar-refractivity contribution in [2.24, 2.45) is 5.92 Å². The second-order valence-corrected chi connectivity index (χ2v) is 10.0. The third-order valence-corrected chi connectivity index (χ3v) is 7.22. The molecule has 1 aromatic heterocycles. The molecule has 1 atom stereocenters. The molecule has 9 heteroatoms. The Morgan fingerprint density at radius 2 is 1.75 bits per heavy atom. The molecule has 1 heterocycles. The smallest absolute Gasteiger partial charge is 0.305 e. The minimum absolute atomic E-state index is 0.0115. The molecule has 0 radical (unpaired) electrons. The molecule has 0 spiro atoms. The summed E-state index contributed by atoms with van der Waals surface area (Å²) in [6.45, 7) is 1.82. The lowest BCUT2D eigenvalue weighted by Crippen LogP contribution is -2.36. The van der Waals surface area contributed by atoms with E-state index in [0.29, 0.717) is 28.3 Å². The van der Waals surface area contributed by atoms with Gasteiger partial charge >= 0.3 is 5.97 Å². The highest BCUT2D eigenvalue weighted by atomic mass is 35.5. The van der Waals surface area contributed by atoms with Gasteiger partial charge in [0.1, 0.15) is 12.4 Å². The zero-order chi connectivity index (χ0) is 25.7. The molecule has 0 unspecified atom stereocenters. The average molecular weight is 533 g/mol. The fraction of sp³-hybridized carbons (Fsp3) is 0.370. The van der Waals surface area contributed by atoms with Crippen molar-refractivity contribution in [3.63, 3.8) is 0 Å². The molecule has 0 amide bonds. The van der Waals surface area contributed by atoms with Crippen molar-refractivity contribution in [2.45, 2.75) is 44.8 Å². The van der Waals surface area contributed by atoms with Crippen LogP contribution in [0.2, 0.25) is 10.0 Å². The van der Waals surface area contributed by atoms with Crippen LogP contribution in [0.15, 0.2) is 54.6 Å². The summed E-state index contributed by atoms with van der Waals surface area (Å²) in [4.78, 5) is 14.0. The maximum atomic E-state index is 11.8. The first-order valence-electron chi connectivity index (χ1n) is 12.0. The Balaban J connectivity index is 1.48. The van der Waals surface area contributed by atoms with Crippen molar-refractivity contribution in [3.05, 3.63) is 75.8 Å². The van der Waals surface area contributed by atoms with Crippen molar-refractivity contribution < 1.29 is 24.9 Å². The molecular weight excluding hydrogens is 503 g/mol. The predicted molar refractivity (Wildman–Crippen MR) is 139 cm³/mol. The van der Waals surface area contributed by atoms with Crippen molar-refractivity contribution in [2.75, 3.05) is 13.2 Å². The van der Waals surface area contributed by atoms with E-state index in [2.05, 4.69) is 4.90 Å². The number of carbonyl (C=O) groups is 1. The van der Waals surface area contributed by atoms with Crippen molar-refractivity contribution >= 4 is 29.2 Å². The van der Waals surface area contributed by atoms with Gasteiger partial charge in [0.15, 0.2) is 11.8 Å². The number of aromatic nitrogens is 1. The van der Waals surface area contributed by atoms with E-state index in [9.17, 15) is 20.1 Å². The highest BCUT2D eigenvalue weighted by Gasteiger charge is 2.28. The summed E-state index contributed by atoms with van der Waals surface area (Å²) in [5, 5.41) is 30.2. The van der Waals surface area contributed by atoms with Crippen LogP contribution in [0.4, 0.5) is 0 Å². The Morgan fingerprint density at radius 1 is 1.06 bits per heavy atom. The molecule has 0 bridgehead atoms. The quantitative estimate of drug-likeness (QED) is 0.260. The number of rotatable bonds is 12. The van der Waals surface area contributed by atoms with Crippen LogP contribution in [0, 0.1) is 5.92 Å². The summed E-state index contributed by atoms with van der Waals surface area (Å²) in [7, 11) is 0. The molecular formula is C27H30Cl2N2O5. The molecule has 0 aliphatic heterocycles. The number of aliphatic carboxylic acids is 1. The average Bonchev–Trinajstić information content (AvgIpc) is 3.13. The van der Waals surface area contributed by atoms with Gasteiger partial charge in [0, 0.05) is 36.3 Å². The molecule has 1 aliphatic carbocycles. The predicted octanol–water partition coefficient (Wildman–Crippen LogP) is 6.10. The summed E-state index contributed by atoms with van der Waals surface area (Å²) in [5.74, 6) is 0.113. The van der Waals surface area contributed by atoms with Crippen LogP contribution in [-0.4, -0.2) is 43.9 Å². The van der Waals surface area contributed by atoms with Crippen molar-refractivity contribution in [1.29, 1.82) is 0 Å². The standard InChI is InChI=1S/C27H30Cl2N2O5/c28-21-7-5-20(6-8-21)23(15-27(34)35)30(16-18-2-1-3-18)17-19-4-9-24(22(29)14-19)36-13-12-31-25(32)10-11-26(31)33/h4-11,14,18,23,32-33H,1-3,12-13,15-17H2,(H,34,35)/t23-/m0/s1. The number of hydrogen-bond acceptors (Lipinski definition) is 5. The third-order valence-electron chi connectivity index (χ3n) is 6.67. The number of halogens is 2. The maximum Gasteiger partial charge on any atom is 0.305 e. The first kappa shape index (κ1) is 26.2. The number of hydrogen-bond donors (Lipinski definition) is 3. The Hall–Kier alpha value is -2.87. The highest BCUT2D eigenvalue weighted by molar-refractivity contribution is 6.32. The summed E-state index contributed by atoms with van der Waals surface area (Å²) in [6, 6.07) is 15.5. The Kier molecular flexibility index (Phi) is 8.67. The van der Waals surface area contributed by atoms with Crippen LogP contribution < -0.4 is 4.74 Å². The lowest BCUT2D eigenvalue weighted by atomic mass is 9.84. The molecule has 7 nitrogen and oxygen atoms in total. The second kappa shape index (κ2) is 11.9. The van der Waals surface area contributed by atoms with Crippen LogP contribution in [0.25, 0.3) is 0 Å². The lowest BCUT2D eigenvalue weighted by molar-refractivity contribution is -0.138. The summed E-state index contributed by atoms with van der Waals surface area (Å²) >= 11 is 12.6. The molecule has 3 aromatic rings. The van der Waals surface area contributed by atoms with Gasteiger partial charge in [-0.05, 0) is 54.2 Å². The molecule has 0 saturated heterocycles. The van der Waals surface area contributed by atoms with Gasteiger partial charge in [0.05, 0.1) is 18.0 Å². The monoisotopic (exact) mass is 532 g/mol. The van der Waals surface area contributed by atoms with E-state index < -0.39 is 5.97 Å². The van der Waals surface area contributed by atoms with E-state index in [1.165, 1.54) is 23.1 Å². The van der Waals surface area contributed by atoms with Gasteiger partial charge in [-0.3, -0.25) is 14.3 Å². The highest BCUT2D eigenvalue weighted by Crippen LogP contribution is 2.35. The SMILES string of the molecule is O=C(O)C[C@@H](c1ccc(Cl)cc1)N(Cc1ccc(OCCn2c(O)ccc2O)c(Cl)c1)CC1CCC1. The molecule has 1 fully saturated rings.